The fourth-order valence-electron chi connectivity index (χ4n) is 7.22. The molecule has 54 heavy (non-hydrogen) atoms. The molecular formula is C52H36N2. The molecule has 0 fully saturated rings. The second-order valence-electron chi connectivity index (χ2n) is 13.5. The Bertz CT molecular complexity index is 2610. The van der Waals surface area contributed by atoms with E-state index in [1.54, 1.807) is 0 Å². The van der Waals surface area contributed by atoms with Crippen LogP contribution in [0.3, 0.4) is 0 Å². The average Bonchev–Trinajstić information content (AvgIpc) is 3.27. The highest BCUT2D eigenvalue weighted by Gasteiger charge is 2.13. The van der Waals surface area contributed by atoms with Gasteiger partial charge in [0.15, 0.2) is 0 Å². The summed E-state index contributed by atoms with van der Waals surface area (Å²) in [6, 6.07) is 69.9. The largest absolute Gasteiger partial charge is 0.265 e. The Kier molecular flexibility index (Phi) is 8.99. The van der Waals surface area contributed by atoms with E-state index in [0.29, 0.717) is 0 Å². The molecule has 2 heterocycles. The SMILES string of the molecule is c1ccc(-c2ccc(-c3cccc(-c4cccc(-c5cc(-c6ccccc6)cc(-c6cc(-c7ccncc7)cc(-c7ccncc7)c6)c5)c4)c3)cc2)cc1. The Morgan fingerprint density at radius 2 is 0.389 bits per heavy atom. The van der Waals surface area contributed by atoms with E-state index in [0.717, 1.165) is 33.4 Å². The molecule has 0 N–H and O–H groups in total. The molecule has 0 radical (unpaired) electrons. The summed E-state index contributed by atoms with van der Waals surface area (Å²) < 4.78 is 0. The summed E-state index contributed by atoms with van der Waals surface area (Å²) in [5.41, 5.74) is 18.8. The summed E-state index contributed by atoms with van der Waals surface area (Å²) in [5, 5.41) is 0. The number of hydrogen-bond donors (Lipinski definition) is 0. The first-order valence-corrected chi connectivity index (χ1v) is 18.3. The lowest BCUT2D eigenvalue weighted by Gasteiger charge is -2.15. The first kappa shape index (κ1) is 32.7. The molecule has 0 unspecified atom stereocenters. The molecule has 0 saturated heterocycles. The van der Waals surface area contributed by atoms with E-state index in [9.17, 15) is 0 Å². The summed E-state index contributed by atoms with van der Waals surface area (Å²) >= 11 is 0. The Labute approximate surface area is 316 Å². The molecule has 0 aliphatic rings. The van der Waals surface area contributed by atoms with Gasteiger partial charge in [0.05, 0.1) is 0 Å². The fraction of sp³-hybridized carbons (Fsp3) is 0. The first-order valence-electron chi connectivity index (χ1n) is 18.3. The van der Waals surface area contributed by atoms with Gasteiger partial charge in [-0.1, -0.05) is 121 Å². The van der Waals surface area contributed by atoms with Crippen molar-refractivity contribution < 1.29 is 0 Å². The van der Waals surface area contributed by atoms with Crippen molar-refractivity contribution >= 4 is 0 Å². The van der Waals surface area contributed by atoms with Gasteiger partial charge in [-0.2, -0.15) is 0 Å². The van der Waals surface area contributed by atoms with Gasteiger partial charge >= 0.3 is 0 Å². The monoisotopic (exact) mass is 688 g/mol. The topological polar surface area (TPSA) is 25.8 Å². The maximum absolute atomic E-state index is 4.28. The average molecular weight is 689 g/mol. The van der Waals surface area contributed by atoms with Crippen molar-refractivity contribution in [3.05, 3.63) is 219 Å². The predicted molar refractivity (Wildman–Crippen MR) is 226 cm³/mol. The fourth-order valence-corrected chi connectivity index (χ4v) is 7.22. The van der Waals surface area contributed by atoms with E-state index in [1.165, 1.54) is 55.6 Å². The molecule has 0 saturated carbocycles. The van der Waals surface area contributed by atoms with Crippen LogP contribution < -0.4 is 0 Å². The molecule has 0 aliphatic heterocycles. The number of nitrogens with zero attached hydrogens (tertiary/aromatic N) is 2. The molecule has 2 aromatic heterocycles. The molecule has 0 amide bonds. The van der Waals surface area contributed by atoms with Gasteiger partial charge < -0.3 is 0 Å². The summed E-state index contributed by atoms with van der Waals surface area (Å²) in [7, 11) is 0. The molecule has 254 valence electrons. The van der Waals surface area contributed by atoms with Crippen LogP contribution in [0.2, 0.25) is 0 Å². The van der Waals surface area contributed by atoms with E-state index in [4.69, 9.17) is 0 Å². The van der Waals surface area contributed by atoms with Crippen LogP contribution >= 0.6 is 0 Å². The van der Waals surface area contributed by atoms with Crippen molar-refractivity contribution in [2.45, 2.75) is 0 Å². The highest BCUT2D eigenvalue weighted by atomic mass is 14.6. The van der Waals surface area contributed by atoms with Crippen LogP contribution in [-0.2, 0) is 0 Å². The Balaban J connectivity index is 1.13. The van der Waals surface area contributed by atoms with Crippen LogP contribution in [0, 0.1) is 0 Å². The van der Waals surface area contributed by atoms with Crippen LogP contribution in [0.15, 0.2) is 219 Å². The second-order valence-corrected chi connectivity index (χ2v) is 13.5. The number of rotatable bonds is 8. The molecular weight excluding hydrogens is 653 g/mol. The molecule has 0 aliphatic carbocycles. The van der Waals surface area contributed by atoms with Gasteiger partial charge in [0.1, 0.15) is 0 Å². The quantitative estimate of drug-likeness (QED) is 0.159. The summed E-state index contributed by atoms with van der Waals surface area (Å²) in [4.78, 5) is 8.55. The molecule has 0 atom stereocenters. The number of pyridine rings is 2. The summed E-state index contributed by atoms with van der Waals surface area (Å²) in [6.45, 7) is 0. The van der Waals surface area contributed by atoms with Gasteiger partial charge in [-0.25, -0.2) is 0 Å². The zero-order valence-corrected chi connectivity index (χ0v) is 29.7. The molecule has 2 heteroatoms. The van der Waals surface area contributed by atoms with Gasteiger partial charge in [0.2, 0.25) is 0 Å². The zero-order valence-electron chi connectivity index (χ0n) is 29.7. The molecule has 9 aromatic rings. The van der Waals surface area contributed by atoms with E-state index < -0.39 is 0 Å². The zero-order chi connectivity index (χ0) is 36.1. The van der Waals surface area contributed by atoms with Gasteiger partial charge in [-0.3, -0.25) is 9.97 Å². The van der Waals surface area contributed by atoms with Crippen molar-refractivity contribution in [3.63, 3.8) is 0 Å². The number of benzene rings is 7. The third kappa shape index (κ3) is 7.01. The Hall–Kier alpha value is -7.16. The van der Waals surface area contributed by atoms with Crippen LogP contribution in [0.25, 0.3) is 89.0 Å². The molecule has 7 aromatic carbocycles. The van der Waals surface area contributed by atoms with E-state index >= 15 is 0 Å². The molecule has 0 bridgehead atoms. The van der Waals surface area contributed by atoms with Crippen molar-refractivity contribution in [1.29, 1.82) is 0 Å². The third-order valence-corrected chi connectivity index (χ3v) is 10.1. The van der Waals surface area contributed by atoms with Crippen LogP contribution in [-0.4, -0.2) is 9.97 Å². The van der Waals surface area contributed by atoms with Crippen LogP contribution in [0.1, 0.15) is 0 Å². The van der Waals surface area contributed by atoms with E-state index in [2.05, 4.69) is 204 Å². The number of aromatic nitrogens is 2. The van der Waals surface area contributed by atoms with Gasteiger partial charge in [0.25, 0.3) is 0 Å². The number of hydrogen-bond acceptors (Lipinski definition) is 2. The molecule has 0 spiro atoms. The smallest absolute Gasteiger partial charge is 0.0273 e. The second kappa shape index (κ2) is 14.8. The maximum atomic E-state index is 4.28. The lowest BCUT2D eigenvalue weighted by atomic mass is 9.89. The van der Waals surface area contributed by atoms with E-state index in [-0.39, 0.29) is 0 Å². The van der Waals surface area contributed by atoms with Crippen LogP contribution in [0.5, 0.6) is 0 Å². The van der Waals surface area contributed by atoms with E-state index in [1.807, 2.05) is 24.8 Å². The lowest BCUT2D eigenvalue weighted by molar-refractivity contribution is 1.33. The Morgan fingerprint density at radius 1 is 0.167 bits per heavy atom. The van der Waals surface area contributed by atoms with Crippen molar-refractivity contribution in [1.82, 2.24) is 9.97 Å². The van der Waals surface area contributed by atoms with Crippen molar-refractivity contribution in [2.24, 2.45) is 0 Å². The minimum atomic E-state index is 1.13. The maximum Gasteiger partial charge on any atom is 0.0273 e. The van der Waals surface area contributed by atoms with Crippen LogP contribution in [0.4, 0.5) is 0 Å². The standard InChI is InChI=1S/C52H36N2/c1-3-9-37(10-4-1)39-17-19-40(20-18-39)43-13-7-14-44(29-43)45-15-8-16-46(30-45)50-32-47(38-11-5-2-6-12-38)33-52(36-50)51-34-48(41-21-25-53-26-22-41)31-49(35-51)42-23-27-54-28-24-42/h1-36H. The molecule has 2 nitrogen and oxygen atoms in total. The highest BCUT2D eigenvalue weighted by Crippen LogP contribution is 2.38. The lowest BCUT2D eigenvalue weighted by Crippen LogP contribution is -1.90. The van der Waals surface area contributed by atoms with Gasteiger partial charge in [-0.15, -0.1) is 0 Å². The normalized spacial score (nSPS) is 11.0. The summed E-state index contributed by atoms with van der Waals surface area (Å²) in [6.07, 6.45) is 7.41. The van der Waals surface area contributed by atoms with Gasteiger partial charge in [0, 0.05) is 24.8 Å². The molecule has 9 rings (SSSR count). The minimum absolute atomic E-state index is 1.13. The predicted octanol–water partition coefficient (Wildman–Crippen LogP) is 13.8. The Morgan fingerprint density at radius 3 is 0.796 bits per heavy atom. The minimum Gasteiger partial charge on any atom is -0.265 e. The highest BCUT2D eigenvalue weighted by molar-refractivity contribution is 5.87. The summed E-state index contributed by atoms with van der Waals surface area (Å²) in [5.74, 6) is 0. The third-order valence-electron chi connectivity index (χ3n) is 10.1. The van der Waals surface area contributed by atoms with Crippen molar-refractivity contribution in [2.75, 3.05) is 0 Å². The first-order chi connectivity index (χ1) is 26.7. The van der Waals surface area contributed by atoms with Crippen molar-refractivity contribution in [3.8, 4) is 89.0 Å². The van der Waals surface area contributed by atoms with Gasteiger partial charge in [-0.05, 0) is 162 Å².